The summed E-state index contributed by atoms with van der Waals surface area (Å²) in [4.78, 5) is 9.16. The zero-order valence-electron chi connectivity index (χ0n) is 9.33. The molecule has 0 rings (SSSR count). The first-order valence-electron chi connectivity index (χ1n) is 4.87. The maximum absolute atomic E-state index is 11.7. The van der Waals surface area contributed by atoms with Crippen LogP contribution in [0.25, 0.3) is 0 Å². The van der Waals surface area contributed by atoms with Crippen molar-refractivity contribution < 1.29 is 27.2 Å². The smallest absolute Gasteiger partial charge is 0.312 e. The van der Waals surface area contributed by atoms with Crippen molar-refractivity contribution >= 4 is 7.75 Å². The van der Waals surface area contributed by atoms with E-state index < -0.39 is 20.3 Å². The Kier molecular flexibility index (Phi) is 6.55. The monoisotopic (exact) mass is 263 g/mol. The highest BCUT2D eigenvalue weighted by Gasteiger charge is 2.26. The van der Waals surface area contributed by atoms with E-state index in [9.17, 15) is 17.7 Å². The van der Waals surface area contributed by atoms with E-state index >= 15 is 0 Å². The number of hydrogen-bond acceptors (Lipinski definition) is 2. The third-order valence-electron chi connectivity index (χ3n) is 1.87. The van der Waals surface area contributed by atoms with Crippen LogP contribution in [0.4, 0.5) is 13.2 Å². The molecule has 0 aromatic carbocycles. The molecular formula is C8H17F3NO3P. The summed E-state index contributed by atoms with van der Waals surface area (Å²) in [5, 5.41) is 0. The highest BCUT2D eigenvalue weighted by molar-refractivity contribution is 7.50. The zero-order valence-corrected chi connectivity index (χ0v) is 10.2. The van der Waals surface area contributed by atoms with Crippen LogP contribution < -0.4 is 0 Å². The average molecular weight is 263 g/mol. The zero-order chi connectivity index (χ0) is 12.8. The Balaban J connectivity index is 3.52. The Morgan fingerprint density at radius 2 is 1.81 bits per heavy atom. The molecule has 0 spiro atoms. The van der Waals surface area contributed by atoms with Crippen LogP contribution in [0.15, 0.2) is 0 Å². The molecule has 0 aromatic rings. The number of rotatable bonds is 7. The molecule has 8 heteroatoms. The van der Waals surface area contributed by atoms with E-state index in [-0.39, 0.29) is 13.0 Å². The Bertz CT molecular complexity index is 245. The van der Waals surface area contributed by atoms with Crippen LogP contribution in [0.2, 0.25) is 0 Å². The minimum absolute atomic E-state index is 0.0101. The molecule has 0 saturated carbocycles. The van der Waals surface area contributed by atoms with Crippen molar-refractivity contribution in [3.63, 3.8) is 0 Å². The lowest BCUT2D eigenvalue weighted by Crippen LogP contribution is -2.11. The van der Waals surface area contributed by atoms with E-state index in [1.54, 1.807) is 0 Å². The summed E-state index contributed by atoms with van der Waals surface area (Å²) in [6.07, 6.45) is -4.26. The summed E-state index contributed by atoms with van der Waals surface area (Å²) in [6, 6.07) is 0. The van der Waals surface area contributed by atoms with Crippen molar-refractivity contribution in [1.29, 1.82) is 0 Å². The van der Waals surface area contributed by atoms with Gasteiger partial charge in [-0.15, -0.1) is 0 Å². The van der Waals surface area contributed by atoms with Crippen molar-refractivity contribution in [2.24, 2.45) is 0 Å². The van der Waals surface area contributed by atoms with Crippen molar-refractivity contribution in [1.82, 2.24) is 4.67 Å². The fourth-order valence-electron chi connectivity index (χ4n) is 0.903. The molecule has 0 saturated heterocycles. The Hall–Kier alpha value is -0.100. The molecule has 0 aliphatic heterocycles. The summed E-state index contributed by atoms with van der Waals surface area (Å²) in [5.74, 6) is 0. The lowest BCUT2D eigenvalue weighted by atomic mass is 10.2. The van der Waals surface area contributed by atoms with E-state index in [1.807, 2.05) is 0 Å². The first kappa shape index (κ1) is 15.9. The van der Waals surface area contributed by atoms with Gasteiger partial charge in [-0.05, 0) is 26.9 Å². The molecule has 0 aliphatic rings. The molecule has 0 radical (unpaired) electrons. The third kappa shape index (κ3) is 8.10. The second-order valence-electron chi connectivity index (χ2n) is 3.60. The molecule has 1 atom stereocenters. The van der Waals surface area contributed by atoms with Gasteiger partial charge < -0.3 is 4.89 Å². The largest absolute Gasteiger partial charge is 0.405 e. The summed E-state index contributed by atoms with van der Waals surface area (Å²) in [7, 11) is -0.948. The molecule has 0 bridgehead atoms. The summed E-state index contributed by atoms with van der Waals surface area (Å²) >= 11 is 0. The van der Waals surface area contributed by atoms with Gasteiger partial charge in [0.25, 0.3) is 0 Å². The fourth-order valence-corrected chi connectivity index (χ4v) is 1.50. The highest BCUT2D eigenvalue weighted by Crippen LogP contribution is 2.43. The topological polar surface area (TPSA) is 49.8 Å². The predicted octanol–water partition coefficient (Wildman–Crippen LogP) is 2.79. The Morgan fingerprint density at radius 1 is 1.25 bits per heavy atom. The number of alkyl halides is 3. The summed E-state index contributed by atoms with van der Waals surface area (Å²) in [5.41, 5.74) is 0. The second-order valence-corrected chi connectivity index (χ2v) is 5.64. The molecule has 0 aliphatic carbocycles. The molecule has 1 N–H and O–H groups in total. The minimum Gasteiger partial charge on any atom is -0.312 e. The van der Waals surface area contributed by atoms with Crippen LogP contribution in [0.1, 0.15) is 25.7 Å². The van der Waals surface area contributed by atoms with Crippen molar-refractivity contribution in [3.8, 4) is 0 Å². The number of unbranched alkanes of at least 4 members (excludes halogenated alkanes) is 2. The molecular weight excluding hydrogens is 246 g/mol. The van der Waals surface area contributed by atoms with E-state index in [4.69, 9.17) is 4.89 Å². The van der Waals surface area contributed by atoms with Gasteiger partial charge >= 0.3 is 13.9 Å². The first-order chi connectivity index (χ1) is 7.15. The van der Waals surface area contributed by atoms with Gasteiger partial charge in [-0.2, -0.15) is 13.2 Å². The van der Waals surface area contributed by atoms with Gasteiger partial charge in [-0.1, -0.05) is 6.42 Å². The van der Waals surface area contributed by atoms with E-state index in [0.717, 1.165) is 4.67 Å². The van der Waals surface area contributed by atoms with Gasteiger partial charge in [0.2, 0.25) is 0 Å². The van der Waals surface area contributed by atoms with Crippen LogP contribution in [0.5, 0.6) is 0 Å². The molecule has 0 amide bonds. The molecule has 1 unspecified atom stereocenters. The third-order valence-corrected chi connectivity index (χ3v) is 3.40. The van der Waals surface area contributed by atoms with E-state index in [0.29, 0.717) is 12.8 Å². The van der Waals surface area contributed by atoms with Gasteiger partial charge in [0.05, 0.1) is 6.61 Å². The molecule has 0 heterocycles. The molecule has 0 aromatic heterocycles. The Morgan fingerprint density at radius 3 is 2.25 bits per heavy atom. The SMILES string of the molecule is CN(C)P(=O)(O)OCCCCCC(F)(F)F. The number of hydrogen-bond donors (Lipinski definition) is 1. The quantitative estimate of drug-likeness (QED) is 0.566. The van der Waals surface area contributed by atoms with Gasteiger partial charge in [0, 0.05) is 6.42 Å². The second kappa shape index (κ2) is 6.59. The Labute approximate surface area is 93.0 Å². The van der Waals surface area contributed by atoms with Crippen LogP contribution in [0, 0.1) is 0 Å². The van der Waals surface area contributed by atoms with Crippen LogP contribution >= 0.6 is 7.75 Å². The van der Waals surface area contributed by atoms with Crippen molar-refractivity contribution in [3.05, 3.63) is 0 Å². The maximum Gasteiger partial charge on any atom is 0.405 e. The average Bonchev–Trinajstić information content (AvgIpc) is 2.09. The molecule has 4 nitrogen and oxygen atoms in total. The van der Waals surface area contributed by atoms with Crippen LogP contribution in [-0.2, 0) is 9.09 Å². The number of halogens is 3. The van der Waals surface area contributed by atoms with Gasteiger partial charge in [-0.3, -0.25) is 4.52 Å². The molecule has 98 valence electrons. The van der Waals surface area contributed by atoms with Crippen LogP contribution in [0.3, 0.4) is 0 Å². The highest BCUT2D eigenvalue weighted by atomic mass is 31.2. The summed E-state index contributed by atoms with van der Waals surface area (Å²) < 4.78 is 52.1. The van der Waals surface area contributed by atoms with Gasteiger partial charge in [-0.25, -0.2) is 9.24 Å². The maximum atomic E-state index is 11.7. The summed E-state index contributed by atoms with van der Waals surface area (Å²) in [6.45, 7) is -0.0101. The lowest BCUT2D eigenvalue weighted by Gasteiger charge is -2.17. The number of nitrogens with zero attached hydrogens (tertiary/aromatic N) is 1. The minimum atomic E-state index is -4.13. The van der Waals surface area contributed by atoms with Crippen molar-refractivity contribution in [2.45, 2.75) is 31.9 Å². The normalized spacial score (nSPS) is 16.4. The van der Waals surface area contributed by atoms with Gasteiger partial charge in [0.1, 0.15) is 0 Å². The van der Waals surface area contributed by atoms with E-state index in [1.165, 1.54) is 14.1 Å². The molecule has 16 heavy (non-hydrogen) atoms. The fraction of sp³-hybridized carbons (Fsp3) is 1.00. The predicted molar refractivity (Wildman–Crippen MR) is 54.0 cm³/mol. The van der Waals surface area contributed by atoms with Crippen molar-refractivity contribution in [2.75, 3.05) is 20.7 Å². The lowest BCUT2D eigenvalue weighted by molar-refractivity contribution is -0.135. The molecule has 0 fully saturated rings. The standard InChI is InChI=1S/C8H17F3NO3P/c1-12(2)16(13,14)15-7-5-3-4-6-8(9,10)11/h3-7H2,1-2H3,(H,13,14). The van der Waals surface area contributed by atoms with E-state index in [2.05, 4.69) is 4.52 Å². The van der Waals surface area contributed by atoms with Gasteiger partial charge in [0.15, 0.2) is 0 Å². The van der Waals surface area contributed by atoms with Crippen LogP contribution in [-0.4, -0.2) is 36.4 Å². The first-order valence-corrected chi connectivity index (χ1v) is 6.40.